The molecule has 1 aliphatic heterocycles. The third-order valence-corrected chi connectivity index (χ3v) is 5.23. The number of amides is 2. The van der Waals surface area contributed by atoms with E-state index >= 15 is 0 Å². The minimum Gasteiger partial charge on any atom is -0.495 e. The Morgan fingerprint density at radius 3 is 2.78 bits per heavy atom. The highest BCUT2D eigenvalue weighted by Crippen LogP contribution is 2.33. The molecule has 3 rings (SSSR count). The second-order valence-corrected chi connectivity index (χ2v) is 7.08. The number of hydrogen-bond donors (Lipinski definition) is 1. The molecule has 2 amide bonds. The van der Waals surface area contributed by atoms with Crippen LogP contribution in [0.4, 0.5) is 11.4 Å². The van der Waals surface area contributed by atoms with Crippen molar-refractivity contribution < 1.29 is 14.3 Å². The quantitative estimate of drug-likeness (QED) is 0.837. The van der Waals surface area contributed by atoms with Gasteiger partial charge in [-0.2, -0.15) is 0 Å². The predicted molar refractivity (Wildman–Crippen MR) is 108 cm³/mol. The number of nitrogens with zero attached hydrogens (tertiary/aromatic N) is 1. The molecule has 0 bridgehead atoms. The van der Waals surface area contributed by atoms with Gasteiger partial charge in [0.05, 0.1) is 18.1 Å². The maximum absolute atomic E-state index is 12.8. The van der Waals surface area contributed by atoms with Crippen LogP contribution in [0.5, 0.6) is 5.75 Å². The Bertz CT molecular complexity index is 882. The molecule has 1 N–H and O–H groups in total. The summed E-state index contributed by atoms with van der Waals surface area (Å²) in [5, 5.41) is 3.46. The van der Waals surface area contributed by atoms with Gasteiger partial charge in [-0.3, -0.25) is 9.59 Å². The van der Waals surface area contributed by atoms with Gasteiger partial charge < -0.3 is 15.0 Å². The van der Waals surface area contributed by atoms with E-state index in [1.807, 2.05) is 25.1 Å². The van der Waals surface area contributed by atoms with Crippen LogP contribution in [0.25, 0.3) is 0 Å². The van der Waals surface area contributed by atoms with E-state index in [1.54, 1.807) is 30.2 Å². The summed E-state index contributed by atoms with van der Waals surface area (Å²) in [6, 6.07) is 11.2. The first-order chi connectivity index (χ1) is 12.9. The van der Waals surface area contributed by atoms with Crippen LogP contribution < -0.4 is 15.0 Å². The predicted octanol–water partition coefficient (Wildman–Crippen LogP) is 4.21. The molecule has 6 heteroatoms. The molecule has 1 fully saturated rings. The molecule has 1 atom stereocenters. The monoisotopic (exact) mass is 386 g/mol. The van der Waals surface area contributed by atoms with Crippen LogP contribution in [-0.2, 0) is 16.0 Å². The van der Waals surface area contributed by atoms with Crippen molar-refractivity contribution in [3.05, 3.63) is 52.5 Å². The Morgan fingerprint density at radius 1 is 1.33 bits per heavy atom. The molecule has 5 nitrogen and oxygen atoms in total. The topological polar surface area (TPSA) is 58.6 Å². The third kappa shape index (κ3) is 3.93. The van der Waals surface area contributed by atoms with Gasteiger partial charge in [-0.05, 0) is 42.7 Å². The van der Waals surface area contributed by atoms with Crippen LogP contribution >= 0.6 is 11.6 Å². The molecular formula is C21H23ClN2O3. The maximum Gasteiger partial charge on any atom is 0.229 e. The number of halogens is 1. The molecule has 0 saturated carbocycles. The van der Waals surface area contributed by atoms with Gasteiger partial charge in [0.15, 0.2) is 0 Å². The van der Waals surface area contributed by atoms with Crippen LogP contribution in [-0.4, -0.2) is 25.5 Å². The Kier molecular flexibility index (Phi) is 5.71. The minimum atomic E-state index is -0.400. The first kappa shape index (κ1) is 19.2. The number of ether oxygens (including phenoxy) is 1. The average Bonchev–Trinajstić information content (AvgIpc) is 3.05. The largest absolute Gasteiger partial charge is 0.495 e. The zero-order valence-electron chi connectivity index (χ0n) is 15.7. The van der Waals surface area contributed by atoms with Gasteiger partial charge in [0.1, 0.15) is 5.75 Å². The van der Waals surface area contributed by atoms with E-state index in [0.29, 0.717) is 23.0 Å². The average molecular weight is 387 g/mol. The summed E-state index contributed by atoms with van der Waals surface area (Å²) < 4.78 is 5.15. The number of rotatable bonds is 5. The normalized spacial score (nSPS) is 16.5. The van der Waals surface area contributed by atoms with Crippen LogP contribution in [0.1, 0.15) is 24.5 Å². The van der Waals surface area contributed by atoms with Crippen molar-refractivity contribution in [2.45, 2.75) is 26.7 Å². The van der Waals surface area contributed by atoms with Crippen molar-refractivity contribution in [2.75, 3.05) is 23.9 Å². The number of methoxy groups -OCH3 is 1. The van der Waals surface area contributed by atoms with E-state index in [-0.39, 0.29) is 18.2 Å². The van der Waals surface area contributed by atoms with Gasteiger partial charge in [-0.25, -0.2) is 0 Å². The number of anilines is 2. The van der Waals surface area contributed by atoms with E-state index in [2.05, 4.69) is 12.2 Å². The first-order valence-electron chi connectivity index (χ1n) is 8.97. The summed E-state index contributed by atoms with van der Waals surface area (Å²) in [7, 11) is 1.54. The fourth-order valence-electron chi connectivity index (χ4n) is 3.38. The second kappa shape index (κ2) is 8.01. The molecule has 0 radical (unpaired) electrons. The lowest BCUT2D eigenvalue weighted by atomic mass is 10.0. The van der Waals surface area contributed by atoms with Gasteiger partial charge in [-0.15, -0.1) is 0 Å². The van der Waals surface area contributed by atoms with Crippen molar-refractivity contribution in [1.29, 1.82) is 0 Å². The maximum atomic E-state index is 12.8. The zero-order chi connectivity index (χ0) is 19.6. The Hall–Kier alpha value is -2.53. The van der Waals surface area contributed by atoms with Crippen molar-refractivity contribution >= 4 is 34.8 Å². The lowest BCUT2D eigenvalue weighted by molar-refractivity contribution is -0.122. The molecule has 1 unspecified atom stereocenters. The standard InChI is InChI=1S/C21H23ClN2O3/c1-4-14-7-5-6-13(2)20(14)23-21(26)15-10-19(25)24(12-15)16-8-9-18(27-3)17(22)11-16/h5-9,11,15H,4,10,12H2,1-3H3,(H,23,26). The number of carbonyl (C=O) groups is 2. The highest BCUT2D eigenvalue weighted by molar-refractivity contribution is 6.32. The summed E-state index contributed by atoms with van der Waals surface area (Å²) >= 11 is 6.17. The molecule has 142 valence electrons. The first-order valence-corrected chi connectivity index (χ1v) is 9.35. The van der Waals surface area contributed by atoms with Gasteiger partial charge >= 0.3 is 0 Å². The van der Waals surface area contributed by atoms with Crippen molar-refractivity contribution in [3.8, 4) is 5.75 Å². The fraction of sp³-hybridized carbons (Fsp3) is 0.333. The van der Waals surface area contributed by atoms with Gasteiger partial charge in [0.25, 0.3) is 0 Å². The summed E-state index contributed by atoms with van der Waals surface area (Å²) in [5.41, 5.74) is 3.63. The molecule has 1 heterocycles. The summed E-state index contributed by atoms with van der Waals surface area (Å²) in [5.74, 6) is -0.0676. The number of aryl methyl sites for hydroxylation is 2. The van der Waals surface area contributed by atoms with Crippen LogP contribution in [0.3, 0.4) is 0 Å². The number of carbonyl (C=O) groups excluding carboxylic acids is 2. The van der Waals surface area contributed by atoms with E-state index in [1.165, 1.54) is 0 Å². The Morgan fingerprint density at radius 2 is 2.11 bits per heavy atom. The van der Waals surface area contributed by atoms with E-state index in [9.17, 15) is 9.59 Å². The van der Waals surface area contributed by atoms with E-state index < -0.39 is 5.92 Å². The SMILES string of the molecule is CCc1cccc(C)c1NC(=O)C1CC(=O)N(c2ccc(OC)c(Cl)c2)C1. The Balaban J connectivity index is 1.76. The molecule has 27 heavy (non-hydrogen) atoms. The number of nitrogens with one attached hydrogen (secondary N) is 1. The second-order valence-electron chi connectivity index (χ2n) is 6.68. The van der Waals surface area contributed by atoms with Gasteiger partial charge in [-0.1, -0.05) is 36.7 Å². The van der Waals surface area contributed by atoms with Gasteiger partial charge in [0.2, 0.25) is 11.8 Å². The molecule has 0 aromatic heterocycles. The highest BCUT2D eigenvalue weighted by Gasteiger charge is 2.35. The molecule has 1 aliphatic rings. The lowest BCUT2D eigenvalue weighted by Crippen LogP contribution is -2.28. The molecular weight excluding hydrogens is 364 g/mol. The van der Waals surface area contributed by atoms with E-state index in [0.717, 1.165) is 23.2 Å². The van der Waals surface area contributed by atoms with E-state index in [4.69, 9.17) is 16.3 Å². The van der Waals surface area contributed by atoms with Crippen LogP contribution in [0.15, 0.2) is 36.4 Å². The van der Waals surface area contributed by atoms with Crippen molar-refractivity contribution in [1.82, 2.24) is 0 Å². The van der Waals surface area contributed by atoms with Crippen LogP contribution in [0, 0.1) is 12.8 Å². The fourth-order valence-corrected chi connectivity index (χ4v) is 3.64. The summed E-state index contributed by atoms with van der Waals surface area (Å²) in [6.07, 6.45) is 1.01. The smallest absolute Gasteiger partial charge is 0.229 e. The number of benzene rings is 2. The lowest BCUT2D eigenvalue weighted by Gasteiger charge is -2.18. The molecule has 2 aromatic carbocycles. The number of hydrogen-bond acceptors (Lipinski definition) is 3. The van der Waals surface area contributed by atoms with Crippen LogP contribution in [0.2, 0.25) is 5.02 Å². The highest BCUT2D eigenvalue weighted by atomic mass is 35.5. The molecule has 2 aromatic rings. The molecule has 0 aliphatic carbocycles. The van der Waals surface area contributed by atoms with Crippen molar-refractivity contribution in [2.24, 2.45) is 5.92 Å². The number of para-hydroxylation sites is 1. The third-order valence-electron chi connectivity index (χ3n) is 4.93. The summed E-state index contributed by atoms with van der Waals surface area (Å²) in [4.78, 5) is 26.9. The molecule has 0 spiro atoms. The Labute approximate surface area is 164 Å². The minimum absolute atomic E-state index is 0.0862. The molecule has 1 saturated heterocycles. The summed E-state index contributed by atoms with van der Waals surface area (Å²) in [6.45, 7) is 4.36. The zero-order valence-corrected chi connectivity index (χ0v) is 16.5. The van der Waals surface area contributed by atoms with Gasteiger partial charge in [0, 0.05) is 24.3 Å². The van der Waals surface area contributed by atoms with Crippen molar-refractivity contribution in [3.63, 3.8) is 0 Å².